The Balaban J connectivity index is 1.92. The quantitative estimate of drug-likeness (QED) is 0.916. The van der Waals surface area contributed by atoms with E-state index in [0.29, 0.717) is 0 Å². The van der Waals surface area contributed by atoms with Crippen LogP contribution in [0, 0.1) is 0 Å². The second-order valence-corrected chi connectivity index (χ2v) is 5.42. The van der Waals surface area contributed by atoms with Gasteiger partial charge < -0.3 is 10.0 Å². The lowest BCUT2D eigenvalue weighted by atomic mass is 9.97. The maximum atomic E-state index is 10.2. The molecule has 0 aromatic heterocycles. The molecule has 1 unspecified atom stereocenters. The molecule has 0 saturated carbocycles. The summed E-state index contributed by atoms with van der Waals surface area (Å²) < 4.78 is 0. The minimum Gasteiger partial charge on any atom is -0.388 e. The minimum atomic E-state index is -0.372. The molecular weight excluding hydrogens is 246 g/mol. The van der Waals surface area contributed by atoms with Gasteiger partial charge in [-0.25, -0.2) is 0 Å². The lowest BCUT2D eigenvalue weighted by Gasteiger charge is -2.33. The number of aliphatic hydroxyl groups excluding tert-OH is 1. The van der Waals surface area contributed by atoms with E-state index < -0.39 is 0 Å². The lowest BCUT2D eigenvalue weighted by Crippen LogP contribution is -2.31. The van der Waals surface area contributed by atoms with Gasteiger partial charge in [0.1, 0.15) is 0 Å². The predicted octanol–water partition coefficient (Wildman–Crippen LogP) is 3.69. The summed E-state index contributed by atoms with van der Waals surface area (Å²) in [7, 11) is 0. The van der Waals surface area contributed by atoms with Crippen LogP contribution in [0.5, 0.6) is 0 Å². The second kappa shape index (κ2) is 5.68. The Labute approximate surface area is 120 Å². The fourth-order valence-electron chi connectivity index (χ4n) is 2.98. The van der Waals surface area contributed by atoms with Crippen LogP contribution in [-0.4, -0.2) is 11.7 Å². The number of hydrogen-bond donors (Lipinski definition) is 1. The van der Waals surface area contributed by atoms with Crippen LogP contribution < -0.4 is 4.90 Å². The van der Waals surface area contributed by atoms with Crippen LogP contribution in [-0.2, 0) is 13.0 Å². The van der Waals surface area contributed by atoms with Gasteiger partial charge in [0.15, 0.2) is 0 Å². The van der Waals surface area contributed by atoms with Gasteiger partial charge in [-0.1, -0.05) is 49.4 Å². The molecule has 3 rings (SSSR count). The van der Waals surface area contributed by atoms with Crippen molar-refractivity contribution in [3.05, 3.63) is 65.2 Å². The summed E-state index contributed by atoms with van der Waals surface area (Å²) in [5.74, 6) is 0. The third-order valence-corrected chi connectivity index (χ3v) is 4.15. The van der Waals surface area contributed by atoms with Gasteiger partial charge in [0.2, 0.25) is 0 Å². The minimum absolute atomic E-state index is 0.372. The number of hydrogen-bond acceptors (Lipinski definition) is 2. The van der Waals surface area contributed by atoms with Gasteiger partial charge in [0.05, 0.1) is 6.10 Å². The molecule has 0 bridgehead atoms. The predicted molar refractivity (Wildman–Crippen MR) is 82.9 cm³/mol. The highest BCUT2D eigenvalue weighted by molar-refractivity contribution is 5.56. The van der Waals surface area contributed by atoms with Crippen molar-refractivity contribution in [1.82, 2.24) is 0 Å². The first-order chi connectivity index (χ1) is 9.79. The molecule has 1 heterocycles. The summed E-state index contributed by atoms with van der Waals surface area (Å²) in [4.78, 5) is 2.39. The Morgan fingerprint density at radius 2 is 1.75 bits per heavy atom. The molecule has 0 spiro atoms. The smallest absolute Gasteiger partial charge is 0.0807 e. The molecule has 20 heavy (non-hydrogen) atoms. The number of para-hydroxylation sites is 1. The number of rotatable bonds is 3. The van der Waals surface area contributed by atoms with Crippen molar-refractivity contribution in [3.8, 4) is 0 Å². The first kappa shape index (κ1) is 13.2. The molecule has 2 nitrogen and oxygen atoms in total. The third-order valence-electron chi connectivity index (χ3n) is 4.15. The fraction of sp³-hybridized carbons (Fsp3) is 0.333. The summed E-state index contributed by atoms with van der Waals surface area (Å²) in [6, 6.07) is 16.9. The van der Waals surface area contributed by atoms with Gasteiger partial charge in [0, 0.05) is 24.3 Å². The molecular formula is C18H21NO. The molecule has 104 valence electrons. The maximum absolute atomic E-state index is 10.2. The molecule has 0 saturated heterocycles. The Morgan fingerprint density at radius 3 is 2.55 bits per heavy atom. The molecule has 2 aromatic rings. The molecule has 2 heteroatoms. The van der Waals surface area contributed by atoms with Crippen LogP contribution in [0.2, 0.25) is 0 Å². The number of anilines is 1. The van der Waals surface area contributed by atoms with Crippen LogP contribution in [0.1, 0.15) is 36.1 Å². The number of benzene rings is 2. The summed E-state index contributed by atoms with van der Waals surface area (Å²) in [6.07, 6.45) is 1.46. The standard InChI is InChI=1S/C18H21NO/c1-2-18(20)16-9-5-6-10-17(16)19-12-11-14-7-3-4-8-15(14)13-19/h3-10,18,20H,2,11-13H2,1H3. The van der Waals surface area contributed by atoms with E-state index in [1.807, 2.05) is 19.1 Å². The summed E-state index contributed by atoms with van der Waals surface area (Å²) >= 11 is 0. The van der Waals surface area contributed by atoms with Crippen LogP contribution in [0.25, 0.3) is 0 Å². The fourth-order valence-corrected chi connectivity index (χ4v) is 2.98. The van der Waals surface area contributed by atoms with Crippen molar-refractivity contribution in [1.29, 1.82) is 0 Å². The van der Waals surface area contributed by atoms with Gasteiger partial charge in [-0.3, -0.25) is 0 Å². The van der Waals surface area contributed by atoms with Gasteiger partial charge in [-0.15, -0.1) is 0 Å². The van der Waals surface area contributed by atoms with Crippen molar-refractivity contribution >= 4 is 5.69 Å². The Hall–Kier alpha value is -1.80. The van der Waals surface area contributed by atoms with E-state index in [0.717, 1.165) is 31.5 Å². The van der Waals surface area contributed by atoms with E-state index in [1.165, 1.54) is 16.8 Å². The normalized spacial score (nSPS) is 15.8. The van der Waals surface area contributed by atoms with Crippen molar-refractivity contribution in [2.75, 3.05) is 11.4 Å². The van der Waals surface area contributed by atoms with E-state index >= 15 is 0 Å². The molecule has 1 aliphatic heterocycles. The van der Waals surface area contributed by atoms with Crippen molar-refractivity contribution < 1.29 is 5.11 Å². The highest BCUT2D eigenvalue weighted by atomic mass is 16.3. The van der Waals surface area contributed by atoms with Crippen LogP contribution in [0.3, 0.4) is 0 Å². The van der Waals surface area contributed by atoms with Crippen LogP contribution >= 0.6 is 0 Å². The zero-order chi connectivity index (χ0) is 13.9. The maximum Gasteiger partial charge on any atom is 0.0807 e. The highest BCUT2D eigenvalue weighted by Gasteiger charge is 2.20. The van der Waals surface area contributed by atoms with E-state index in [1.54, 1.807) is 0 Å². The monoisotopic (exact) mass is 267 g/mol. The molecule has 2 aromatic carbocycles. The summed E-state index contributed by atoms with van der Waals surface area (Å²) in [5, 5.41) is 10.2. The highest BCUT2D eigenvalue weighted by Crippen LogP contribution is 2.31. The molecule has 0 radical (unpaired) electrons. The van der Waals surface area contributed by atoms with Gasteiger partial charge in [-0.2, -0.15) is 0 Å². The molecule has 0 aliphatic carbocycles. The van der Waals surface area contributed by atoms with Crippen molar-refractivity contribution in [3.63, 3.8) is 0 Å². The zero-order valence-electron chi connectivity index (χ0n) is 11.9. The molecule has 0 fully saturated rings. The largest absolute Gasteiger partial charge is 0.388 e. The van der Waals surface area contributed by atoms with E-state index in [9.17, 15) is 5.11 Å². The van der Waals surface area contributed by atoms with Gasteiger partial charge in [-0.05, 0) is 30.0 Å². The van der Waals surface area contributed by atoms with E-state index in [-0.39, 0.29) is 6.10 Å². The number of aliphatic hydroxyl groups is 1. The SMILES string of the molecule is CCC(O)c1ccccc1N1CCc2ccccc2C1. The first-order valence-electron chi connectivity index (χ1n) is 7.38. The number of fused-ring (bicyclic) bond motifs is 1. The van der Waals surface area contributed by atoms with Crippen molar-refractivity contribution in [2.45, 2.75) is 32.4 Å². The summed E-state index contributed by atoms with van der Waals surface area (Å²) in [5.41, 5.74) is 5.09. The molecule has 1 atom stereocenters. The molecule has 1 aliphatic rings. The Kier molecular flexibility index (Phi) is 3.75. The van der Waals surface area contributed by atoms with Gasteiger partial charge >= 0.3 is 0 Å². The number of nitrogens with zero attached hydrogens (tertiary/aromatic N) is 1. The van der Waals surface area contributed by atoms with E-state index in [2.05, 4.69) is 41.3 Å². The van der Waals surface area contributed by atoms with E-state index in [4.69, 9.17) is 0 Å². The third kappa shape index (κ3) is 2.44. The average Bonchev–Trinajstić information content (AvgIpc) is 2.53. The van der Waals surface area contributed by atoms with Crippen LogP contribution in [0.4, 0.5) is 5.69 Å². The second-order valence-electron chi connectivity index (χ2n) is 5.42. The Bertz CT molecular complexity index is 593. The summed E-state index contributed by atoms with van der Waals surface area (Å²) in [6.45, 7) is 3.97. The average molecular weight is 267 g/mol. The van der Waals surface area contributed by atoms with Crippen molar-refractivity contribution in [2.24, 2.45) is 0 Å². The molecule has 0 amide bonds. The van der Waals surface area contributed by atoms with Crippen LogP contribution in [0.15, 0.2) is 48.5 Å². The Morgan fingerprint density at radius 1 is 1.05 bits per heavy atom. The first-order valence-corrected chi connectivity index (χ1v) is 7.38. The lowest BCUT2D eigenvalue weighted by molar-refractivity contribution is 0.174. The van der Waals surface area contributed by atoms with Gasteiger partial charge in [0.25, 0.3) is 0 Å². The molecule has 1 N–H and O–H groups in total. The zero-order valence-corrected chi connectivity index (χ0v) is 11.9. The topological polar surface area (TPSA) is 23.5 Å².